The maximum absolute atomic E-state index is 9.81. The predicted octanol–water partition coefficient (Wildman–Crippen LogP) is 4.31. The molecule has 0 saturated carbocycles. The highest BCUT2D eigenvalue weighted by Crippen LogP contribution is 2.44. The number of nitriles is 1. The first-order valence-electron chi connectivity index (χ1n) is 9.75. The Balaban J connectivity index is 1.86. The van der Waals surface area contributed by atoms with E-state index < -0.39 is 5.92 Å². The number of fused-ring (bicyclic) bond motifs is 1. The van der Waals surface area contributed by atoms with E-state index in [1.54, 1.807) is 0 Å². The molecule has 1 atom stereocenters. The number of allylic oxidation sites excluding steroid dienone is 1. The molecule has 6 nitrogen and oxygen atoms in total. The van der Waals surface area contributed by atoms with Gasteiger partial charge >= 0.3 is 0 Å². The van der Waals surface area contributed by atoms with Gasteiger partial charge in [0.1, 0.15) is 11.6 Å². The molecule has 0 saturated heterocycles. The Hall–Kier alpha value is -3.59. The van der Waals surface area contributed by atoms with Crippen molar-refractivity contribution in [1.29, 1.82) is 5.26 Å². The summed E-state index contributed by atoms with van der Waals surface area (Å²) in [5.74, 6) is 0.326. The third-order valence-corrected chi connectivity index (χ3v) is 5.16. The van der Waals surface area contributed by atoms with Crippen LogP contribution in [0, 0.1) is 11.3 Å². The van der Waals surface area contributed by atoms with Crippen LogP contribution in [0.5, 0.6) is 5.88 Å². The van der Waals surface area contributed by atoms with Gasteiger partial charge in [-0.25, -0.2) is 4.68 Å². The average molecular weight is 385 g/mol. The van der Waals surface area contributed by atoms with E-state index in [1.807, 2.05) is 74.1 Å². The summed E-state index contributed by atoms with van der Waals surface area (Å²) in [5, 5.41) is 14.5. The molecule has 0 aliphatic carbocycles. The smallest absolute Gasteiger partial charge is 0.224 e. The van der Waals surface area contributed by atoms with Gasteiger partial charge in [0.2, 0.25) is 11.8 Å². The summed E-state index contributed by atoms with van der Waals surface area (Å²) in [4.78, 5) is 4.71. The second kappa shape index (κ2) is 7.44. The number of aryl methyl sites for hydroxylation is 1. The molecule has 0 radical (unpaired) electrons. The largest absolute Gasteiger partial charge is 0.422 e. The van der Waals surface area contributed by atoms with Gasteiger partial charge in [-0.15, -0.1) is 0 Å². The Bertz CT molecular complexity index is 1100. The van der Waals surface area contributed by atoms with Crippen molar-refractivity contribution in [3.8, 4) is 23.1 Å². The molecule has 1 aliphatic heterocycles. The first-order valence-corrected chi connectivity index (χ1v) is 9.75. The van der Waals surface area contributed by atoms with Crippen molar-refractivity contribution < 1.29 is 4.74 Å². The van der Waals surface area contributed by atoms with Crippen LogP contribution in [-0.4, -0.2) is 14.8 Å². The number of rotatable bonds is 4. The molecule has 6 heteroatoms. The molecule has 0 amide bonds. The second-order valence-electron chi connectivity index (χ2n) is 7.32. The minimum absolute atomic E-state index is 0.106. The van der Waals surface area contributed by atoms with Crippen molar-refractivity contribution >= 4 is 0 Å². The summed E-state index contributed by atoms with van der Waals surface area (Å²) in [6, 6.07) is 16.4. The first kappa shape index (κ1) is 18.8. The van der Waals surface area contributed by atoms with Gasteiger partial charge in [0.05, 0.1) is 28.9 Å². The van der Waals surface area contributed by atoms with Crippen molar-refractivity contribution in [3.05, 3.63) is 77.1 Å². The third kappa shape index (κ3) is 3.15. The molecule has 0 fully saturated rings. The van der Waals surface area contributed by atoms with Crippen LogP contribution < -0.4 is 10.5 Å². The lowest BCUT2D eigenvalue weighted by Gasteiger charge is -2.25. The molecule has 3 heterocycles. The quantitative estimate of drug-likeness (QED) is 0.723. The zero-order valence-corrected chi connectivity index (χ0v) is 16.8. The summed E-state index contributed by atoms with van der Waals surface area (Å²) in [6.07, 6.45) is 2.56. The molecule has 3 aromatic rings. The minimum atomic E-state index is -0.393. The molecule has 29 heavy (non-hydrogen) atoms. The van der Waals surface area contributed by atoms with Crippen molar-refractivity contribution in [2.75, 3.05) is 0 Å². The predicted molar refractivity (Wildman–Crippen MR) is 111 cm³/mol. The van der Waals surface area contributed by atoms with Crippen LogP contribution in [0.4, 0.5) is 0 Å². The summed E-state index contributed by atoms with van der Waals surface area (Å²) < 4.78 is 7.70. The summed E-state index contributed by atoms with van der Waals surface area (Å²) in [7, 11) is 0. The maximum atomic E-state index is 9.81. The Kier molecular flexibility index (Phi) is 4.81. The van der Waals surface area contributed by atoms with Gasteiger partial charge in [0.25, 0.3) is 0 Å². The molecule has 1 aromatic carbocycles. The zero-order valence-electron chi connectivity index (χ0n) is 16.8. The Labute approximate surface area is 170 Å². The second-order valence-corrected chi connectivity index (χ2v) is 7.32. The molecule has 146 valence electrons. The summed E-state index contributed by atoms with van der Waals surface area (Å²) >= 11 is 0. The summed E-state index contributed by atoms with van der Waals surface area (Å²) in [6.45, 7) is 6.12. The van der Waals surface area contributed by atoms with Crippen molar-refractivity contribution in [3.63, 3.8) is 0 Å². The highest BCUT2D eigenvalue weighted by molar-refractivity contribution is 5.63. The molecular weight excluding hydrogens is 362 g/mol. The molecule has 2 aromatic heterocycles. The van der Waals surface area contributed by atoms with E-state index in [0.29, 0.717) is 11.5 Å². The number of ether oxygens (including phenoxy) is 1. The minimum Gasteiger partial charge on any atom is -0.422 e. The van der Waals surface area contributed by atoms with Crippen LogP contribution in [0.25, 0.3) is 11.1 Å². The van der Waals surface area contributed by atoms with E-state index in [-0.39, 0.29) is 11.9 Å². The van der Waals surface area contributed by atoms with Gasteiger partial charge in [-0.1, -0.05) is 43.3 Å². The lowest BCUT2D eigenvalue weighted by atomic mass is 9.86. The molecule has 1 aliphatic rings. The number of benzene rings is 1. The number of aromatic nitrogens is 3. The van der Waals surface area contributed by atoms with Crippen LogP contribution >= 0.6 is 0 Å². The molecule has 1 unspecified atom stereocenters. The Morgan fingerprint density at radius 1 is 1.17 bits per heavy atom. The number of nitrogens with two attached hydrogens (primary N) is 1. The molecule has 4 rings (SSSR count). The maximum Gasteiger partial charge on any atom is 0.224 e. The fourth-order valence-electron chi connectivity index (χ4n) is 3.72. The normalized spacial score (nSPS) is 15.8. The van der Waals surface area contributed by atoms with Gasteiger partial charge in [0, 0.05) is 11.8 Å². The zero-order chi connectivity index (χ0) is 20.5. The van der Waals surface area contributed by atoms with Crippen molar-refractivity contribution in [2.45, 2.75) is 39.2 Å². The highest BCUT2D eigenvalue weighted by atomic mass is 16.5. The van der Waals surface area contributed by atoms with Crippen molar-refractivity contribution in [2.24, 2.45) is 5.73 Å². The van der Waals surface area contributed by atoms with E-state index in [9.17, 15) is 5.26 Å². The van der Waals surface area contributed by atoms with E-state index >= 15 is 0 Å². The number of hydrogen-bond donors (Lipinski definition) is 1. The number of hydrogen-bond acceptors (Lipinski definition) is 5. The monoisotopic (exact) mass is 385 g/mol. The Morgan fingerprint density at radius 3 is 2.52 bits per heavy atom. The number of nitrogens with zero attached hydrogens (tertiary/aromatic N) is 4. The molecule has 0 spiro atoms. The third-order valence-electron chi connectivity index (χ3n) is 5.16. The van der Waals surface area contributed by atoms with E-state index in [1.165, 1.54) is 0 Å². The molecular formula is C23H23N5O. The van der Waals surface area contributed by atoms with Crippen LogP contribution in [-0.2, 0) is 6.42 Å². The molecule has 0 bridgehead atoms. The van der Waals surface area contributed by atoms with Gasteiger partial charge in [-0.05, 0) is 31.9 Å². The van der Waals surface area contributed by atoms with E-state index in [2.05, 4.69) is 6.07 Å². The van der Waals surface area contributed by atoms with Gasteiger partial charge in [-0.2, -0.15) is 10.4 Å². The van der Waals surface area contributed by atoms with Crippen LogP contribution in [0.2, 0.25) is 0 Å². The standard InChI is InChI=1S/C23H23N5O/c1-4-18-21-20(17(12-24)22(25)29-23(21)28(27-18)14(2)3)19-11-10-16(13-26-19)15-8-6-5-7-9-15/h5-11,13-14,20H,4,25H2,1-3H3. The summed E-state index contributed by atoms with van der Waals surface area (Å²) in [5.41, 5.74) is 11.2. The first-order chi connectivity index (χ1) is 14.0. The number of pyridine rings is 1. The van der Waals surface area contributed by atoms with Crippen LogP contribution in [0.1, 0.15) is 49.7 Å². The van der Waals surface area contributed by atoms with E-state index in [4.69, 9.17) is 20.6 Å². The van der Waals surface area contributed by atoms with Crippen molar-refractivity contribution in [1.82, 2.24) is 14.8 Å². The lowest BCUT2D eigenvalue weighted by molar-refractivity contribution is 0.333. The van der Waals surface area contributed by atoms with Crippen LogP contribution in [0.15, 0.2) is 60.1 Å². The topological polar surface area (TPSA) is 89.8 Å². The Morgan fingerprint density at radius 2 is 1.93 bits per heavy atom. The fraction of sp³-hybridized carbons (Fsp3) is 0.261. The lowest BCUT2D eigenvalue weighted by Crippen LogP contribution is -2.23. The fourth-order valence-corrected chi connectivity index (χ4v) is 3.72. The SMILES string of the molecule is CCc1nn(C(C)C)c2c1C(c1ccc(-c3ccccc3)cn1)C(C#N)=C(N)O2. The van der Waals surface area contributed by atoms with Gasteiger partial charge in [0.15, 0.2) is 0 Å². The highest BCUT2D eigenvalue weighted by Gasteiger charge is 2.37. The van der Waals surface area contributed by atoms with Gasteiger partial charge < -0.3 is 10.5 Å². The van der Waals surface area contributed by atoms with E-state index in [0.717, 1.165) is 34.5 Å². The van der Waals surface area contributed by atoms with Crippen LogP contribution in [0.3, 0.4) is 0 Å². The molecule has 2 N–H and O–H groups in total. The average Bonchev–Trinajstić information content (AvgIpc) is 3.12. The van der Waals surface area contributed by atoms with Gasteiger partial charge in [-0.3, -0.25) is 4.98 Å².